The first kappa shape index (κ1) is 13.4. The van der Waals surface area contributed by atoms with Gasteiger partial charge >= 0.3 is 6.18 Å². The van der Waals surface area contributed by atoms with E-state index < -0.39 is 11.7 Å². The lowest BCUT2D eigenvalue weighted by molar-refractivity contribution is -0.137. The summed E-state index contributed by atoms with van der Waals surface area (Å²) in [4.78, 5) is 0. The molecule has 0 amide bonds. The first-order chi connectivity index (χ1) is 8.19. The summed E-state index contributed by atoms with van der Waals surface area (Å²) in [6, 6.07) is 4.02. The Bertz CT molecular complexity index is 463. The standard InChI is InChI=1S/C14H18F3N/c1-8-6-9(14(15,16)17)4-5-10(8)12-11(7-18)13(12,2)3/h4-6,11-12H,7,18H2,1-3H3. The second-order valence-electron chi connectivity index (χ2n) is 5.71. The van der Waals surface area contributed by atoms with Crippen LogP contribution in [0.2, 0.25) is 0 Å². The molecule has 0 radical (unpaired) electrons. The molecule has 0 heterocycles. The fraction of sp³-hybridized carbons (Fsp3) is 0.571. The molecule has 1 aliphatic carbocycles. The highest BCUT2D eigenvalue weighted by atomic mass is 19.4. The molecule has 2 N–H and O–H groups in total. The highest BCUT2D eigenvalue weighted by Gasteiger charge is 2.57. The summed E-state index contributed by atoms with van der Waals surface area (Å²) in [5.41, 5.74) is 6.94. The maximum Gasteiger partial charge on any atom is 0.416 e. The van der Waals surface area contributed by atoms with Crippen molar-refractivity contribution in [1.82, 2.24) is 0 Å². The van der Waals surface area contributed by atoms with Crippen molar-refractivity contribution in [3.63, 3.8) is 0 Å². The first-order valence-corrected chi connectivity index (χ1v) is 6.07. The van der Waals surface area contributed by atoms with E-state index in [9.17, 15) is 13.2 Å². The highest BCUT2D eigenvalue weighted by molar-refractivity contribution is 5.40. The number of rotatable bonds is 2. The summed E-state index contributed by atoms with van der Waals surface area (Å²) in [7, 11) is 0. The summed E-state index contributed by atoms with van der Waals surface area (Å²) >= 11 is 0. The van der Waals surface area contributed by atoms with E-state index in [0.29, 0.717) is 18.0 Å². The van der Waals surface area contributed by atoms with E-state index in [4.69, 9.17) is 5.73 Å². The Labute approximate surface area is 105 Å². The van der Waals surface area contributed by atoms with Gasteiger partial charge in [0.15, 0.2) is 0 Å². The van der Waals surface area contributed by atoms with E-state index in [2.05, 4.69) is 13.8 Å². The number of nitrogens with two attached hydrogens (primary N) is 1. The maximum atomic E-state index is 12.6. The molecular formula is C14H18F3N. The van der Waals surface area contributed by atoms with Gasteiger partial charge in [0.25, 0.3) is 0 Å². The minimum Gasteiger partial charge on any atom is -0.330 e. The van der Waals surface area contributed by atoms with Crippen LogP contribution in [0.3, 0.4) is 0 Å². The molecule has 100 valence electrons. The van der Waals surface area contributed by atoms with Crippen LogP contribution in [0.1, 0.15) is 36.5 Å². The van der Waals surface area contributed by atoms with E-state index in [1.54, 1.807) is 13.0 Å². The number of alkyl halides is 3. The molecule has 2 rings (SSSR count). The highest BCUT2D eigenvalue weighted by Crippen LogP contribution is 2.64. The molecule has 18 heavy (non-hydrogen) atoms. The lowest BCUT2D eigenvalue weighted by Crippen LogP contribution is -2.06. The Balaban J connectivity index is 2.33. The van der Waals surface area contributed by atoms with Gasteiger partial charge in [-0.3, -0.25) is 0 Å². The number of halogens is 3. The molecule has 0 aliphatic heterocycles. The zero-order chi connectivity index (χ0) is 13.7. The minimum absolute atomic E-state index is 0.0965. The molecule has 0 aromatic heterocycles. The predicted octanol–water partition coefficient (Wildman–Crippen LogP) is 3.71. The van der Waals surface area contributed by atoms with E-state index in [1.165, 1.54) is 12.1 Å². The van der Waals surface area contributed by atoms with Crippen molar-refractivity contribution in [2.24, 2.45) is 17.1 Å². The van der Waals surface area contributed by atoms with Crippen LogP contribution in [0.4, 0.5) is 13.2 Å². The van der Waals surface area contributed by atoms with Crippen LogP contribution < -0.4 is 5.73 Å². The molecule has 1 nitrogen and oxygen atoms in total. The Hall–Kier alpha value is -1.03. The predicted molar refractivity (Wildman–Crippen MR) is 65.2 cm³/mol. The number of hydrogen-bond donors (Lipinski definition) is 1. The normalized spacial score (nSPS) is 26.2. The summed E-state index contributed by atoms with van der Waals surface area (Å²) in [6.45, 7) is 6.56. The second kappa shape index (κ2) is 3.98. The number of benzene rings is 1. The van der Waals surface area contributed by atoms with Crippen molar-refractivity contribution in [2.45, 2.75) is 32.9 Å². The molecule has 1 aliphatic rings. The van der Waals surface area contributed by atoms with Gasteiger partial charge in [0.1, 0.15) is 0 Å². The van der Waals surface area contributed by atoms with Crippen LogP contribution in [0.25, 0.3) is 0 Å². The molecule has 0 saturated heterocycles. The smallest absolute Gasteiger partial charge is 0.330 e. The van der Waals surface area contributed by atoms with Gasteiger partial charge in [-0.2, -0.15) is 13.2 Å². The molecular weight excluding hydrogens is 239 g/mol. The summed E-state index contributed by atoms with van der Waals surface area (Å²) < 4.78 is 37.8. The number of hydrogen-bond acceptors (Lipinski definition) is 1. The van der Waals surface area contributed by atoms with Gasteiger partial charge in [-0.15, -0.1) is 0 Å². The SMILES string of the molecule is Cc1cc(C(F)(F)F)ccc1C1C(CN)C1(C)C. The van der Waals surface area contributed by atoms with Gasteiger partial charge in [-0.05, 0) is 54.0 Å². The first-order valence-electron chi connectivity index (χ1n) is 6.07. The lowest BCUT2D eigenvalue weighted by atomic mass is 9.97. The molecule has 0 bridgehead atoms. The van der Waals surface area contributed by atoms with Crippen LogP contribution in [-0.4, -0.2) is 6.54 Å². The molecule has 1 fully saturated rings. The molecule has 4 heteroatoms. The van der Waals surface area contributed by atoms with Crippen LogP contribution >= 0.6 is 0 Å². The Morgan fingerprint density at radius 3 is 2.28 bits per heavy atom. The van der Waals surface area contributed by atoms with E-state index in [1.807, 2.05) is 0 Å². The zero-order valence-corrected chi connectivity index (χ0v) is 10.8. The van der Waals surface area contributed by atoms with Crippen molar-refractivity contribution >= 4 is 0 Å². The van der Waals surface area contributed by atoms with Crippen molar-refractivity contribution in [3.05, 3.63) is 34.9 Å². The van der Waals surface area contributed by atoms with E-state index >= 15 is 0 Å². The molecule has 1 saturated carbocycles. The van der Waals surface area contributed by atoms with Crippen LogP contribution in [0.15, 0.2) is 18.2 Å². The maximum absolute atomic E-state index is 12.6. The van der Waals surface area contributed by atoms with Gasteiger partial charge in [0.2, 0.25) is 0 Å². The monoisotopic (exact) mass is 257 g/mol. The van der Waals surface area contributed by atoms with E-state index in [0.717, 1.165) is 5.56 Å². The third kappa shape index (κ3) is 2.03. The van der Waals surface area contributed by atoms with E-state index in [-0.39, 0.29) is 11.3 Å². The Kier molecular flexibility index (Phi) is 2.97. The van der Waals surface area contributed by atoms with Gasteiger partial charge in [-0.25, -0.2) is 0 Å². The number of aryl methyl sites for hydroxylation is 1. The average molecular weight is 257 g/mol. The average Bonchev–Trinajstić information content (AvgIpc) is 2.78. The third-order valence-corrected chi connectivity index (χ3v) is 4.24. The topological polar surface area (TPSA) is 26.0 Å². The largest absolute Gasteiger partial charge is 0.416 e. The fourth-order valence-electron chi connectivity index (χ4n) is 3.00. The van der Waals surface area contributed by atoms with Crippen molar-refractivity contribution in [1.29, 1.82) is 0 Å². The second-order valence-corrected chi connectivity index (χ2v) is 5.71. The Morgan fingerprint density at radius 1 is 1.28 bits per heavy atom. The quantitative estimate of drug-likeness (QED) is 0.858. The van der Waals surface area contributed by atoms with Gasteiger partial charge in [-0.1, -0.05) is 19.9 Å². The van der Waals surface area contributed by atoms with Crippen LogP contribution in [0, 0.1) is 18.3 Å². The summed E-state index contributed by atoms with van der Waals surface area (Å²) in [6.07, 6.45) is -4.27. The minimum atomic E-state index is -4.27. The van der Waals surface area contributed by atoms with Crippen LogP contribution in [-0.2, 0) is 6.18 Å². The molecule has 0 spiro atoms. The van der Waals surface area contributed by atoms with Gasteiger partial charge in [0, 0.05) is 0 Å². The van der Waals surface area contributed by atoms with Crippen molar-refractivity contribution in [2.75, 3.05) is 6.54 Å². The molecule has 2 atom stereocenters. The molecule has 1 aromatic carbocycles. The lowest BCUT2D eigenvalue weighted by Gasteiger charge is -2.12. The summed E-state index contributed by atoms with van der Waals surface area (Å²) in [5, 5.41) is 0. The van der Waals surface area contributed by atoms with Gasteiger partial charge < -0.3 is 5.73 Å². The van der Waals surface area contributed by atoms with Crippen LogP contribution in [0.5, 0.6) is 0 Å². The van der Waals surface area contributed by atoms with Crippen molar-refractivity contribution < 1.29 is 13.2 Å². The summed E-state index contributed by atoms with van der Waals surface area (Å²) in [5.74, 6) is 0.651. The molecule has 2 unspecified atom stereocenters. The third-order valence-electron chi connectivity index (χ3n) is 4.24. The molecule has 1 aromatic rings. The van der Waals surface area contributed by atoms with Gasteiger partial charge in [0.05, 0.1) is 5.56 Å². The van der Waals surface area contributed by atoms with Crippen molar-refractivity contribution in [3.8, 4) is 0 Å². The zero-order valence-electron chi connectivity index (χ0n) is 10.8. The Morgan fingerprint density at radius 2 is 1.89 bits per heavy atom. The fourth-order valence-corrected chi connectivity index (χ4v) is 3.00.